The minimum Gasteiger partial charge on any atom is -0.298 e. The molecule has 2 aromatic heterocycles. The van der Waals surface area contributed by atoms with Crippen LogP contribution >= 0.6 is 27.3 Å². The van der Waals surface area contributed by atoms with Crippen molar-refractivity contribution in [3.8, 4) is 0 Å². The van der Waals surface area contributed by atoms with Crippen molar-refractivity contribution in [1.82, 2.24) is 9.55 Å². The molecule has 1 N–H and O–H groups in total. The number of aromatic nitrogens is 2. The second-order valence-electron chi connectivity index (χ2n) is 5.97. The molecule has 24 heavy (non-hydrogen) atoms. The summed E-state index contributed by atoms with van der Waals surface area (Å²) < 4.78 is 15.8. The van der Waals surface area contributed by atoms with Crippen molar-refractivity contribution in [2.45, 2.75) is 32.2 Å². The van der Waals surface area contributed by atoms with Gasteiger partial charge in [0.1, 0.15) is 10.6 Å². The molecular weight excluding hydrogens is 395 g/mol. The van der Waals surface area contributed by atoms with Gasteiger partial charge in [0, 0.05) is 14.9 Å². The molecule has 0 radical (unpaired) electrons. The molecule has 0 saturated carbocycles. The zero-order valence-corrected chi connectivity index (χ0v) is 15.1. The number of H-pyrrole nitrogens is 1. The Morgan fingerprint density at radius 2 is 2.04 bits per heavy atom. The van der Waals surface area contributed by atoms with Gasteiger partial charge in [0.05, 0.1) is 11.9 Å². The molecule has 1 aromatic carbocycles. The highest BCUT2D eigenvalue weighted by Gasteiger charge is 2.21. The highest BCUT2D eigenvalue weighted by molar-refractivity contribution is 9.10. The third-order valence-electron chi connectivity index (χ3n) is 4.44. The lowest BCUT2D eigenvalue weighted by Crippen LogP contribution is -2.35. The van der Waals surface area contributed by atoms with Crippen molar-refractivity contribution >= 4 is 37.5 Å². The van der Waals surface area contributed by atoms with Crippen molar-refractivity contribution in [2.24, 2.45) is 0 Å². The van der Waals surface area contributed by atoms with E-state index in [2.05, 4.69) is 20.9 Å². The molecule has 1 aliphatic carbocycles. The van der Waals surface area contributed by atoms with Gasteiger partial charge in [-0.3, -0.25) is 14.3 Å². The van der Waals surface area contributed by atoms with Crippen LogP contribution in [0.2, 0.25) is 0 Å². The monoisotopic (exact) mass is 408 g/mol. The minimum absolute atomic E-state index is 0.0756. The number of aryl methyl sites for hydroxylation is 2. The summed E-state index contributed by atoms with van der Waals surface area (Å²) >= 11 is 4.70. The summed E-state index contributed by atoms with van der Waals surface area (Å²) in [6, 6.07) is 4.61. The molecule has 1 aliphatic rings. The first kappa shape index (κ1) is 15.8. The molecule has 4 nitrogen and oxygen atoms in total. The molecular formula is C17H14BrFN2O2S. The molecule has 0 bridgehead atoms. The minimum atomic E-state index is -0.492. The van der Waals surface area contributed by atoms with E-state index in [9.17, 15) is 14.0 Å². The predicted octanol–water partition coefficient (Wildman–Crippen LogP) is 3.58. The number of nitrogens with zero attached hydrogens (tertiary/aromatic N) is 1. The van der Waals surface area contributed by atoms with Gasteiger partial charge in [0.2, 0.25) is 0 Å². The van der Waals surface area contributed by atoms with Gasteiger partial charge >= 0.3 is 5.69 Å². The van der Waals surface area contributed by atoms with E-state index >= 15 is 0 Å². The van der Waals surface area contributed by atoms with E-state index in [1.807, 2.05) is 0 Å². The average Bonchev–Trinajstić information content (AvgIpc) is 2.91. The second-order valence-corrected chi connectivity index (χ2v) is 7.99. The lowest BCUT2D eigenvalue weighted by Gasteiger charge is -2.10. The Kier molecular flexibility index (Phi) is 3.92. The number of aromatic amines is 1. The summed E-state index contributed by atoms with van der Waals surface area (Å²) in [6.45, 7) is -0.0756. The Morgan fingerprint density at radius 1 is 1.25 bits per heavy atom. The molecule has 0 atom stereocenters. The van der Waals surface area contributed by atoms with Crippen LogP contribution in [0.3, 0.4) is 0 Å². The van der Waals surface area contributed by atoms with Crippen LogP contribution in [0.4, 0.5) is 4.39 Å². The van der Waals surface area contributed by atoms with E-state index < -0.39 is 11.5 Å². The summed E-state index contributed by atoms with van der Waals surface area (Å²) in [7, 11) is 0. The lowest BCUT2D eigenvalue weighted by molar-refractivity contribution is 0.590. The number of benzene rings is 1. The second kappa shape index (κ2) is 5.97. The van der Waals surface area contributed by atoms with Gasteiger partial charge in [-0.05, 0) is 43.4 Å². The molecule has 2 heterocycles. The van der Waals surface area contributed by atoms with Gasteiger partial charge in [-0.2, -0.15) is 0 Å². The van der Waals surface area contributed by atoms with Gasteiger partial charge < -0.3 is 0 Å². The summed E-state index contributed by atoms with van der Waals surface area (Å²) in [6.07, 6.45) is 3.99. The fraction of sp³-hybridized carbons (Fsp3) is 0.294. The number of hydrogen-bond donors (Lipinski definition) is 1. The Hall–Kier alpha value is -1.73. The molecule has 3 aromatic rings. The fourth-order valence-corrected chi connectivity index (χ4v) is 4.84. The third-order valence-corrected chi connectivity index (χ3v) is 6.14. The van der Waals surface area contributed by atoms with E-state index in [4.69, 9.17) is 0 Å². The largest absolute Gasteiger partial charge is 0.329 e. The summed E-state index contributed by atoms with van der Waals surface area (Å²) in [5, 5.41) is 0.604. The maximum Gasteiger partial charge on any atom is 0.329 e. The van der Waals surface area contributed by atoms with E-state index in [1.54, 1.807) is 12.1 Å². The third kappa shape index (κ3) is 2.56. The number of halogens is 2. The highest BCUT2D eigenvalue weighted by Crippen LogP contribution is 2.33. The van der Waals surface area contributed by atoms with Crippen molar-refractivity contribution < 1.29 is 4.39 Å². The summed E-state index contributed by atoms with van der Waals surface area (Å²) in [4.78, 5) is 29.9. The van der Waals surface area contributed by atoms with E-state index in [0.29, 0.717) is 20.3 Å². The van der Waals surface area contributed by atoms with Crippen LogP contribution in [0, 0.1) is 5.82 Å². The van der Waals surface area contributed by atoms with Gasteiger partial charge in [-0.1, -0.05) is 22.0 Å². The number of nitrogens with one attached hydrogen (secondary N) is 1. The van der Waals surface area contributed by atoms with Crippen LogP contribution < -0.4 is 11.2 Å². The molecule has 7 heteroatoms. The quantitative estimate of drug-likeness (QED) is 0.704. The van der Waals surface area contributed by atoms with Crippen LogP contribution in [0.25, 0.3) is 10.2 Å². The topological polar surface area (TPSA) is 54.9 Å². The molecule has 4 rings (SSSR count). The van der Waals surface area contributed by atoms with E-state index in [1.165, 1.54) is 22.3 Å². The van der Waals surface area contributed by atoms with Gasteiger partial charge in [-0.15, -0.1) is 11.3 Å². The Labute approximate surface area is 149 Å². The zero-order chi connectivity index (χ0) is 16.8. The number of thiophene rings is 1. The first-order chi connectivity index (χ1) is 11.5. The summed E-state index contributed by atoms with van der Waals surface area (Å²) in [5.74, 6) is -0.442. The molecule has 0 spiro atoms. The lowest BCUT2D eigenvalue weighted by atomic mass is 9.97. The molecule has 0 amide bonds. The smallest absolute Gasteiger partial charge is 0.298 e. The standard InChI is InChI=1S/C17H14BrFN2O2S/c18-10-6-5-9(12(19)7-10)8-21-16(22)14-11-3-1-2-4-13(11)24-15(14)20-17(21)23/h5-7H,1-4,8H2,(H,20,23). The van der Waals surface area contributed by atoms with Crippen molar-refractivity contribution in [1.29, 1.82) is 0 Å². The highest BCUT2D eigenvalue weighted by atomic mass is 79.9. The van der Waals surface area contributed by atoms with Crippen LogP contribution in [0.1, 0.15) is 28.8 Å². The predicted molar refractivity (Wildman–Crippen MR) is 96.5 cm³/mol. The van der Waals surface area contributed by atoms with E-state index in [0.717, 1.165) is 35.8 Å². The number of rotatable bonds is 2. The van der Waals surface area contributed by atoms with Crippen molar-refractivity contribution in [2.75, 3.05) is 0 Å². The summed E-state index contributed by atoms with van der Waals surface area (Å²) in [5.41, 5.74) is 0.561. The van der Waals surface area contributed by atoms with Crippen molar-refractivity contribution in [3.05, 3.63) is 65.3 Å². The maximum absolute atomic E-state index is 14.1. The zero-order valence-electron chi connectivity index (χ0n) is 12.7. The average molecular weight is 409 g/mol. The number of hydrogen-bond acceptors (Lipinski definition) is 3. The van der Waals surface area contributed by atoms with Crippen LogP contribution in [-0.2, 0) is 19.4 Å². The fourth-order valence-electron chi connectivity index (χ4n) is 3.24. The van der Waals surface area contributed by atoms with Gasteiger partial charge in [0.25, 0.3) is 5.56 Å². The molecule has 0 aliphatic heterocycles. The first-order valence-corrected chi connectivity index (χ1v) is 9.37. The maximum atomic E-state index is 14.1. The molecule has 0 unspecified atom stereocenters. The Balaban J connectivity index is 1.89. The normalized spacial score (nSPS) is 14.1. The number of fused-ring (bicyclic) bond motifs is 3. The van der Waals surface area contributed by atoms with E-state index in [-0.39, 0.29) is 12.1 Å². The van der Waals surface area contributed by atoms with Gasteiger partial charge in [0.15, 0.2) is 0 Å². The molecule has 0 fully saturated rings. The molecule has 0 saturated heterocycles. The SMILES string of the molecule is O=c1[nH]c2sc3c(c2c(=O)n1Cc1ccc(Br)cc1F)CCCC3. The van der Waals surface area contributed by atoms with Crippen LogP contribution in [-0.4, -0.2) is 9.55 Å². The van der Waals surface area contributed by atoms with Gasteiger partial charge in [-0.25, -0.2) is 9.18 Å². The Bertz CT molecular complexity index is 1070. The van der Waals surface area contributed by atoms with Crippen LogP contribution in [0.5, 0.6) is 0 Å². The van der Waals surface area contributed by atoms with Crippen molar-refractivity contribution in [3.63, 3.8) is 0 Å². The first-order valence-electron chi connectivity index (χ1n) is 7.76. The molecule has 124 valence electrons. The van der Waals surface area contributed by atoms with Crippen LogP contribution in [0.15, 0.2) is 32.3 Å². The Morgan fingerprint density at radius 3 is 2.83 bits per heavy atom.